The molecule has 1 aromatic heterocycles. The molecule has 7 heteroatoms. The highest BCUT2D eigenvalue weighted by atomic mass is 35.5. The van der Waals surface area contributed by atoms with Crippen molar-refractivity contribution < 1.29 is 13.9 Å². The van der Waals surface area contributed by atoms with Crippen LogP contribution in [0.1, 0.15) is 18.7 Å². The normalized spacial score (nSPS) is 15.7. The number of nitrogens with one attached hydrogen (secondary N) is 1. The van der Waals surface area contributed by atoms with Crippen LogP contribution in [0.4, 0.5) is 0 Å². The smallest absolute Gasteiger partial charge is 0.247 e. The number of aromatic nitrogens is 2. The molecule has 0 bridgehead atoms. The molecule has 2 heterocycles. The summed E-state index contributed by atoms with van der Waals surface area (Å²) in [5, 5.41) is 11.4. The summed E-state index contributed by atoms with van der Waals surface area (Å²) in [7, 11) is 0. The SMILES string of the molecule is O=C(NCc1nnc(-c2ccc(Cl)cc2)o1)C1CCOCC1. The second kappa shape index (κ2) is 6.89. The van der Waals surface area contributed by atoms with Gasteiger partial charge in [0.05, 0.1) is 6.54 Å². The second-order valence-corrected chi connectivity index (χ2v) is 5.55. The van der Waals surface area contributed by atoms with Gasteiger partial charge in [0.15, 0.2) is 0 Å². The highest BCUT2D eigenvalue weighted by Crippen LogP contribution is 2.20. The highest BCUT2D eigenvalue weighted by Gasteiger charge is 2.21. The predicted molar refractivity (Wildman–Crippen MR) is 80.1 cm³/mol. The van der Waals surface area contributed by atoms with Crippen LogP contribution in [0, 0.1) is 5.92 Å². The largest absolute Gasteiger partial charge is 0.419 e. The number of halogens is 1. The van der Waals surface area contributed by atoms with E-state index in [-0.39, 0.29) is 18.4 Å². The number of hydrogen-bond acceptors (Lipinski definition) is 5. The predicted octanol–water partition coefficient (Wildman–Crippen LogP) is 2.43. The molecule has 0 unspecified atom stereocenters. The minimum atomic E-state index is 0.00686. The first-order chi connectivity index (χ1) is 10.7. The molecule has 3 rings (SSSR count). The van der Waals surface area contributed by atoms with Gasteiger partial charge in [-0.1, -0.05) is 11.6 Å². The van der Waals surface area contributed by atoms with Gasteiger partial charge in [0, 0.05) is 29.7 Å². The molecule has 116 valence electrons. The Balaban J connectivity index is 1.57. The number of carbonyl (C=O) groups is 1. The summed E-state index contributed by atoms with van der Waals surface area (Å²) in [6, 6.07) is 7.13. The van der Waals surface area contributed by atoms with E-state index in [4.69, 9.17) is 20.8 Å². The standard InChI is InChI=1S/C15H16ClN3O3/c16-12-3-1-11(2-4-12)15-19-18-13(22-15)9-17-14(20)10-5-7-21-8-6-10/h1-4,10H,5-9H2,(H,17,20). The van der Waals surface area contributed by atoms with Gasteiger partial charge in [0.25, 0.3) is 0 Å². The third-order valence-electron chi connectivity index (χ3n) is 3.56. The van der Waals surface area contributed by atoms with Crippen molar-refractivity contribution in [1.82, 2.24) is 15.5 Å². The van der Waals surface area contributed by atoms with Gasteiger partial charge in [-0.15, -0.1) is 10.2 Å². The number of carbonyl (C=O) groups excluding carboxylic acids is 1. The van der Waals surface area contributed by atoms with Crippen LogP contribution in [-0.4, -0.2) is 29.3 Å². The maximum absolute atomic E-state index is 12.0. The molecule has 1 aromatic carbocycles. The molecule has 2 aromatic rings. The molecular weight excluding hydrogens is 306 g/mol. The number of benzene rings is 1. The molecule has 1 saturated heterocycles. The van der Waals surface area contributed by atoms with E-state index in [2.05, 4.69) is 15.5 Å². The Kier molecular flexibility index (Phi) is 4.70. The van der Waals surface area contributed by atoms with Gasteiger partial charge in [-0.25, -0.2) is 0 Å². The van der Waals surface area contributed by atoms with Crippen LogP contribution in [0.5, 0.6) is 0 Å². The molecule has 0 radical (unpaired) electrons. The molecule has 0 aliphatic carbocycles. The number of amides is 1. The van der Waals surface area contributed by atoms with Crippen molar-refractivity contribution in [2.45, 2.75) is 19.4 Å². The van der Waals surface area contributed by atoms with Crippen LogP contribution < -0.4 is 5.32 Å². The molecule has 6 nitrogen and oxygen atoms in total. The fourth-order valence-electron chi connectivity index (χ4n) is 2.30. The highest BCUT2D eigenvalue weighted by molar-refractivity contribution is 6.30. The topological polar surface area (TPSA) is 77.3 Å². The molecule has 1 aliphatic heterocycles. The van der Waals surface area contributed by atoms with Gasteiger partial charge in [-0.05, 0) is 37.1 Å². The van der Waals surface area contributed by atoms with Crippen molar-refractivity contribution in [3.05, 3.63) is 35.2 Å². The Morgan fingerprint density at radius 2 is 1.95 bits per heavy atom. The fraction of sp³-hybridized carbons (Fsp3) is 0.400. The molecule has 1 amide bonds. The van der Waals surface area contributed by atoms with Gasteiger partial charge in [0.2, 0.25) is 17.7 Å². The van der Waals surface area contributed by atoms with Gasteiger partial charge < -0.3 is 14.5 Å². The van der Waals surface area contributed by atoms with E-state index in [0.717, 1.165) is 18.4 Å². The van der Waals surface area contributed by atoms with Crippen LogP contribution in [0.2, 0.25) is 5.02 Å². The van der Waals surface area contributed by atoms with Gasteiger partial charge in [-0.3, -0.25) is 4.79 Å². The van der Waals surface area contributed by atoms with Crippen molar-refractivity contribution in [2.75, 3.05) is 13.2 Å². The lowest BCUT2D eigenvalue weighted by molar-refractivity contribution is -0.128. The zero-order valence-corrected chi connectivity index (χ0v) is 12.7. The van der Waals surface area contributed by atoms with Gasteiger partial charge in [-0.2, -0.15) is 0 Å². The van der Waals surface area contributed by atoms with E-state index in [1.165, 1.54) is 0 Å². The first-order valence-electron chi connectivity index (χ1n) is 7.16. The van der Waals surface area contributed by atoms with Crippen molar-refractivity contribution in [2.24, 2.45) is 5.92 Å². The lowest BCUT2D eigenvalue weighted by Gasteiger charge is -2.20. The Morgan fingerprint density at radius 1 is 1.23 bits per heavy atom. The molecule has 0 saturated carbocycles. The Bertz CT molecular complexity index is 636. The summed E-state index contributed by atoms with van der Waals surface area (Å²) in [5.74, 6) is 0.805. The molecular formula is C15H16ClN3O3. The van der Waals surface area contributed by atoms with E-state index >= 15 is 0 Å². The fourth-order valence-corrected chi connectivity index (χ4v) is 2.43. The van der Waals surface area contributed by atoms with Crippen molar-refractivity contribution in [1.29, 1.82) is 0 Å². The lowest BCUT2D eigenvalue weighted by atomic mass is 9.99. The van der Waals surface area contributed by atoms with E-state index < -0.39 is 0 Å². The molecule has 1 aliphatic rings. The zero-order valence-electron chi connectivity index (χ0n) is 11.9. The number of nitrogens with zero attached hydrogens (tertiary/aromatic N) is 2. The first kappa shape index (κ1) is 15.0. The van der Waals surface area contributed by atoms with E-state index in [9.17, 15) is 4.79 Å². The molecule has 1 fully saturated rings. The van der Waals surface area contributed by atoms with E-state index in [1.807, 2.05) is 0 Å². The summed E-state index contributed by atoms with van der Waals surface area (Å²) >= 11 is 5.84. The Morgan fingerprint density at radius 3 is 2.68 bits per heavy atom. The third-order valence-corrected chi connectivity index (χ3v) is 3.82. The average molecular weight is 322 g/mol. The second-order valence-electron chi connectivity index (χ2n) is 5.11. The molecule has 0 spiro atoms. The summed E-state index contributed by atoms with van der Waals surface area (Å²) in [5.41, 5.74) is 0.791. The molecule has 0 atom stereocenters. The summed E-state index contributed by atoms with van der Waals surface area (Å²) in [4.78, 5) is 12.0. The monoisotopic (exact) mass is 321 g/mol. The van der Waals surface area contributed by atoms with Crippen molar-refractivity contribution >= 4 is 17.5 Å². The number of rotatable bonds is 4. The maximum atomic E-state index is 12.0. The van der Waals surface area contributed by atoms with E-state index in [0.29, 0.717) is 30.0 Å². The quantitative estimate of drug-likeness (QED) is 0.935. The van der Waals surface area contributed by atoms with Crippen LogP contribution in [0.3, 0.4) is 0 Å². The van der Waals surface area contributed by atoms with E-state index in [1.54, 1.807) is 24.3 Å². The van der Waals surface area contributed by atoms with Crippen LogP contribution in [0.15, 0.2) is 28.7 Å². The minimum absolute atomic E-state index is 0.00686. The summed E-state index contributed by atoms with van der Waals surface area (Å²) < 4.78 is 10.8. The minimum Gasteiger partial charge on any atom is -0.419 e. The maximum Gasteiger partial charge on any atom is 0.247 e. The zero-order chi connectivity index (χ0) is 15.4. The summed E-state index contributed by atoms with van der Waals surface area (Å²) in [6.45, 7) is 1.51. The number of hydrogen-bond donors (Lipinski definition) is 1. The Labute approximate surface area is 132 Å². The number of ether oxygens (including phenoxy) is 1. The van der Waals surface area contributed by atoms with Crippen molar-refractivity contribution in [3.63, 3.8) is 0 Å². The summed E-state index contributed by atoms with van der Waals surface area (Å²) in [6.07, 6.45) is 1.51. The lowest BCUT2D eigenvalue weighted by Crippen LogP contribution is -2.33. The Hall–Kier alpha value is -1.92. The van der Waals surface area contributed by atoms with Crippen LogP contribution in [0.25, 0.3) is 11.5 Å². The first-order valence-corrected chi connectivity index (χ1v) is 7.54. The average Bonchev–Trinajstić information content (AvgIpc) is 3.03. The van der Waals surface area contributed by atoms with Crippen LogP contribution in [-0.2, 0) is 16.1 Å². The van der Waals surface area contributed by atoms with Gasteiger partial charge >= 0.3 is 0 Å². The molecule has 22 heavy (non-hydrogen) atoms. The van der Waals surface area contributed by atoms with Crippen LogP contribution >= 0.6 is 11.6 Å². The third kappa shape index (κ3) is 3.64. The van der Waals surface area contributed by atoms with Gasteiger partial charge in [0.1, 0.15) is 0 Å². The molecule has 1 N–H and O–H groups in total. The van der Waals surface area contributed by atoms with Crippen molar-refractivity contribution in [3.8, 4) is 11.5 Å².